The summed E-state index contributed by atoms with van der Waals surface area (Å²) < 4.78 is 5.79. The van der Waals surface area contributed by atoms with Crippen LogP contribution < -0.4 is 10.1 Å². The summed E-state index contributed by atoms with van der Waals surface area (Å²) in [6, 6.07) is 7.06. The molecule has 0 bridgehead atoms. The number of nitrogens with one attached hydrogen (secondary N) is 1. The van der Waals surface area contributed by atoms with Crippen LogP contribution >= 0.6 is 23.1 Å². The van der Waals surface area contributed by atoms with Gasteiger partial charge in [0.15, 0.2) is 10.1 Å². The minimum atomic E-state index is -0.0584. The first kappa shape index (κ1) is 22.4. The number of ketones is 1. The summed E-state index contributed by atoms with van der Waals surface area (Å²) >= 11 is 2.59. The summed E-state index contributed by atoms with van der Waals surface area (Å²) in [4.78, 5) is 24.5. The van der Waals surface area contributed by atoms with Gasteiger partial charge in [-0.2, -0.15) is 0 Å². The zero-order valence-corrected chi connectivity index (χ0v) is 18.6. The van der Waals surface area contributed by atoms with Crippen molar-refractivity contribution in [3.8, 4) is 5.75 Å². The average Bonchev–Trinajstić information content (AvgIpc) is 3.05. The van der Waals surface area contributed by atoms with E-state index in [0.29, 0.717) is 33.1 Å². The molecule has 0 radical (unpaired) electrons. The Morgan fingerprint density at radius 3 is 2.71 bits per heavy atom. The molecule has 0 spiro atoms. The molecule has 28 heavy (non-hydrogen) atoms. The van der Waals surface area contributed by atoms with Gasteiger partial charge in [0.2, 0.25) is 11.0 Å². The summed E-state index contributed by atoms with van der Waals surface area (Å²) in [5.74, 6) is 1.12. The van der Waals surface area contributed by atoms with Crippen molar-refractivity contribution >= 4 is 39.9 Å². The summed E-state index contributed by atoms with van der Waals surface area (Å²) in [5, 5.41) is 11.3. The lowest BCUT2D eigenvalue weighted by atomic mass is 9.84. The van der Waals surface area contributed by atoms with Crippen molar-refractivity contribution in [2.45, 2.75) is 44.9 Å². The number of hydrogen-bond acceptors (Lipinski definition) is 7. The van der Waals surface area contributed by atoms with Crippen LogP contribution in [-0.2, 0) is 4.79 Å². The minimum Gasteiger partial charge on any atom is -0.497 e. The molecule has 1 atom stereocenters. The number of hydrogen-bond donors (Lipinski definition) is 1. The van der Waals surface area contributed by atoms with Crippen molar-refractivity contribution in [2.75, 3.05) is 18.2 Å². The van der Waals surface area contributed by atoms with Gasteiger partial charge in [0.05, 0.1) is 12.9 Å². The van der Waals surface area contributed by atoms with E-state index in [1.54, 1.807) is 31.4 Å². The maximum Gasteiger partial charge on any atom is 0.226 e. The van der Waals surface area contributed by atoms with E-state index in [1.165, 1.54) is 23.1 Å². The van der Waals surface area contributed by atoms with Crippen LogP contribution in [0.1, 0.15) is 50.9 Å². The fourth-order valence-electron chi connectivity index (χ4n) is 2.93. The zero-order chi connectivity index (χ0) is 20.7. The number of amides is 1. The number of thioether (sulfide) groups is 1. The first-order valence-electron chi connectivity index (χ1n) is 9.09. The van der Waals surface area contributed by atoms with E-state index in [2.05, 4.69) is 43.2 Å². The van der Waals surface area contributed by atoms with Gasteiger partial charge < -0.3 is 10.1 Å². The quantitative estimate of drug-likeness (QED) is 0.351. The van der Waals surface area contributed by atoms with E-state index >= 15 is 0 Å². The lowest BCUT2D eigenvalue weighted by molar-refractivity contribution is -0.117. The molecule has 0 aliphatic heterocycles. The molecule has 6 nitrogen and oxygen atoms in total. The van der Waals surface area contributed by atoms with Gasteiger partial charge in [0, 0.05) is 12.0 Å². The third-order valence-electron chi connectivity index (χ3n) is 3.87. The summed E-state index contributed by atoms with van der Waals surface area (Å²) in [6.45, 7) is 8.59. The molecular weight excluding hydrogens is 394 g/mol. The van der Waals surface area contributed by atoms with Crippen molar-refractivity contribution in [1.29, 1.82) is 0 Å². The van der Waals surface area contributed by atoms with Gasteiger partial charge in [-0.1, -0.05) is 62.9 Å². The number of Topliss-reactive ketones (excluding diaryl/α,β-unsaturated/α-hetero) is 1. The largest absolute Gasteiger partial charge is 0.497 e. The first-order valence-corrected chi connectivity index (χ1v) is 10.9. The average molecular weight is 422 g/mol. The fourth-order valence-corrected chi connectivity index (χ4v) is 4.59. The highest BCUT2D eigenvalue weighted by atomic mass is 32.2. The molecule has 0 saturated heterocycles. The topological polar surface area (TPSA) is 81.2 Å². The van der Waals surface area contributed by atoms with Gasteiger partial charge in [-0.3, -0.25) is 9.59 Å². The third kappa shape index (κ3) is 7.59. The zero-order valence-electron chi connectivity index (χ0n) is 16.9. The Labute approximate surface area is 174 Å². The predicted octanol–water partition coefficient (Wildman–Crippen LogP) is 4.92. The summed E-state index contributed by atoms with van der Waals surface area (Å²) in [7, 11) is 1.57. The third-order valence-corrected chi connectivity index (χ3v) is 5.84. The number of ether oxygens (including phenoxy) is 1. The van der Waals surface area contributed by atoms with Crippen molar-refractivity contribution in [3.05, 3.63) is 29.8 Å². The molecular formula is C20H27N3O3S2. The molecule has 0 fully saturated rings. The Kier molecular flexibility index (Phi) is 8.00. The van der Waals surface area contributed by atoms with Gasteiger partial charge in [0.25, 0.3) is 0 Å². The molecule has 152 valence electrons. The number of aromatic nitrogens is 2. The van der Waals surface area contributed by atoms with Gasteiger partial charge in [0.1, 0.15) is 5.75 Å². The molecule has 0 saturated carbocycles. The molecule has 1 aromatic heterocycles. The fraction of sp³-hybridized carbons (Fsp3) is 0.500. The van der Waals surface area contributed by atoms with Crippen LogP contribution in [0.2, 0.25) is 0 Å². The van der Waals surface area contributed by atoms with Crippen LogP contribution in [0.4, 0.5) is 5.13 Å². The predicted molar refractivity (Wildman–Crippen MR) is 114 cm³/mol. The van der Waals surface area contributed by atoms with E-state index < -0.39 is 0 Å². The SMILES string of the molecule is COc1cccc(C(=O)CSc2nnc(NC(=O)C[C@H](C)CC(C)(C)C)s2)c1. The highest BCUT2D eigenvalue weighted by Gasteiger charge is 2.19. The van der Waals surface area contributed by atoms with Gasteiger partial charge in [-0.25, -0.2) is 0 Å². The second-order valence-electron chi connectivity index (χ2n) is 7.94. The molecule has 8 heteroatoms. The highest BCUT2D eigenvalue weighted by molar-refractivity contribution is 8.01. The minimum absolute atomic E-state index is 0.0132. The van der Waals surface area contributed by atoms with Crippen LogP contribution in [0.15, 0.2) is 28.6 Å². The molecule has 0 aliphatic carbocycles. The van der Waals surface area contributed by atoms with Crippen molar-refractivity contribution in [2.24, 2.45) is 11.3 Å². The molecule has 1 heterocycles. The van der Waals surface area contributed by atoms with Crippen molar-refractivity contribution in [1.82, 2.24) is 10.2 Å². The van der Waals surface area contributed by atoms with Crippen molar-refractivity contribution < 1.29 is 14.3 Å². The number of anilines is 1. The first-order chi connectivity index (χ1) is 13.2. The summed E-state index contributed by atoms with van der Waals surface area (Å²) in [5.41, 5.74) is 0.791. The Balaban J connectivity index is 1.83. The Bertz CT molecular complexity index is 815. The molecule has 0 unspecified atom stereocenters. The van der Waals surface area contributed by atoms with Crippen LogP contribution in [0, 0.1) is 11.3 Å². The van der Waals surface area contributed by atoms with Crippen molar-refractivity contribution in [3.63, 3.8) is 0 Å². The lowest BCUT2D eigenvalue weighted by Crippen LogP contribution is -2.18. The molecule has 2 rings (SSSR count). The Morgan fingerprint density at radius 1 is 1.29 bits per heavy atom. The van der Waals surface area contributed by atoms with Gasteiger partial charge in [-0.15, -0.1) is 10.2 Å². The number of methoxy groups -OCH3 is 1. The maximum atomic E-state index is 12.3. The van der Waals surface area contributed by atoms with E-state index in [0.717, 1.165) is 6.42 Å². The Hall–Kier alpha value is -1.93. The van der Waals surface area contributed by atoms with E-state index in [1.807, 2.05) is 0 Å². The number of nitrogens with zero attached hydrogens (tertiary/aromatic N) is 2. The van der Waals surface area contributed by atoms with E-state index in [9.17, 15) is 9.59 Å². The second-order valence-corrected chi connectivity index (χ2v) is 10.1. The normalized spacial score (nSPS) is 12.5. The highest BCUT2D eigenvalue weighted by Crippen LogP contribution is 2.28. The molecule has 1 aromatic carbocycles. The molecule has 2 aromatic rings. The smallest absolute Gasteiger partial charge is 0.226 e. The number of carbonyl (C=O) groups excluding carboxylic acids is 2. The molecule has 1 amide bonds. The van der Waals surface area contributed by atoms with Crippen LogP contribution in [0.25, 0.3) is 0 Å². The van der Waals surface area contributed by atoms with Gasteiger partial charge in [-0.05, 0) is 29.9 Å². The van der Waals surface area contributed by atoms with Gasteiger partial charge >= 0.3 is 0 Å². The number of rotatable bonds is 9. The monoisotopic (exact) mass is 421 g/mol. The maximum absolute atomic E-state index is 12.3. The van der Waals surface area contributed by atoms with Crippen LogP contribution in [-0.4, -0.2) is 34.8 Å². The van der Waals surface area contributed by atoms with Crippen LogP contribution in [0.3, 0.4) is 0 Å². The van der Waals surface area contributed by atoms with Crippen LogP contribution in [0.5, 0.6) is 5.75 Å². The van der Waals surface area contributed by atoms with E-state index in [-0.39, 0.29) is 22.9 Å². The standard InChI is InChI=1S/C20H27N3O3S2/c1-13(11-20(2,3)4)9-17(25)21-18-22-23-19(28-18)27-12-16(24)14-7-6-8-15(10-14)26-5/h6-8,10,13H,9,11-12H2,1-5H3,(H,21,22,25)/t13-/m0/s1. The second kappa shape index (κ2) is 10.0. The summed E-state index contributed by atoms with van der Waals surface area (Å²) in [6.07, 6.45) is 1.43. The lowest BCUT2D eigenvalue weighted by Gasteiger charge is -2.22. The number of carbonyl (C=O) groups is 2. The molecule has 0 aliphatic rings. The Morgan fingerprint density at radius 2 is 2.04 bits per heavy atom. The van der Waals surface area contributed by atoms with E-state index in [4.69, 9.17) is 4.74 Å². The number of benzene rings is 1. The molecule has 1 N–H and O–H groups in total.